The lowest BCUT2D eigenvalue weighted by Crippen LogP contribution is -2.49. The van der Waals surface area contributed by atoms with Gasteiger partial charge in [0.1, 0.15) is 11.9 Å². The molecule has 0 saturated heterocycles. The van der Waals surface area contributed by atoms with Crippen molar-refractivity contribution in [1.82, 2.24) is 0 Å². The second kappa shape index (κ2) is 5.84. The van der Waals surface area contributed by atoms with Crippen molar-refractivity contribution in [2.75, 3.05) is 0 Å². The number of halogens is 1. The van der Waals surface area contributed by atoms with E-state index < -0.39 is 0 Å². The normalized spacial score (nSPS) is 46.3. The molecule has 4 aliphatic carbocycles. The van der Waals surface area contributed by atoms with E-state index in [0.29, 0.717) is 17.6 Å². The molecule has 25 heavy (non-hydrogen) atoms. The Kier molecular flexibility index (Phi) is 4.10. The lowest BCUT2D eigenvalue weighted by atomic mass is 9.53. The van der Waals surface area contributed by atoms with E-state index in [1.807, 2.05) is 0 Å². The maximum absolute atomic E-state index is 12.5. The van der Waals surface area contributed by atoms with Crippen molar-refractivity contribution in [3.05, 3.63) is 11.1 Å². The molecule has 0 bridgehead atoms. The van der Waals surface area contributed by atoms with Crippen LogP contribution >= 0.6 is 11.6 Å². The highest BCUT2D eigenvalue weighted by Gasteiger charge is 2.57. The number of Topliss-reactive ketones (excluding diaryl/α,β-unsaturated/α-hetero) is 1. The number of ketones is 1. The Morgan fingerprint density at radius 1 is 1.16 bits per heavy atom. The summed E-state index contributed by atoms with van der Waals surface area (Å²) in [7, 11) is 0. The molecule has 0 N–H and O–H groups in total. The SMILES string of the molecule is CC(=O)O[C@@H]1CCC2=C3CC[C@]4(C)C(=O)CC[C@@H]4[C@@H]3C[C@@H](Cl)[C@]2(C)C1. The van der Waals surface area contributed by atoms with E-state index in [1.165, 1.54) is 12.5 Å². The molecule has 0 amide bonds. The third kappa shape index (κ3) is 2.52. The van der Waals surface area contributed by atoms with Gasteiger partial charge in [0, 0.05) is 29.6 Å². The highest BCUT2D eigenvalue weighted by atomic mass is 35.5. The van der Waals surface area contributed by atoms with Crippen molar-refractivity contribution in [3.8, 4) is 0 Å². The molecule has 6 atom stereocenters. The monoisotopic (exact) mass is 364 g/mol. The molecule has 4 heteroatoms. The van der Waals surface area contributed by atoms with Gasteiger partial charge in [0.2, 0.25) is 0 Å². The number of rotatable bonds is 1. The summed E-state index contributed by atoms with van der Waals surface area (Å²) in [5, 5.41) is 0.0626. The summed E-state index contributed by atoms with van der Waals surface area (Å²) in [6, 6.07) is 0. The van der Waals surface area contributed by atoms with E-state index in [-0.39, 0.29) is 28.3 Å². The molecule has 0 aromatic carbocycles. The van der Waals surface area contributed by atoms with Gasteiger partial charge in [-0.1, -0.05) is 25.0 Å². The first-order chi connectivity index (χ1) is 11.8. The quantitative estimate of drug-likeness (QED) is 0.381. The number of carbonyl (C=O) groups is 2. The second-order valence-electron chi connectivity index (χ2n) is 9.19. The fourth-order valence-corrected chi connectivity index (χ4v) is 6.94. The highest BCUT2D eigenvalue weighted by Crippen LogP contribution is 2.62. The molecule has 4 rings (SSSR count). The van der Waals surface area contributed by atoms with Gasteiger partial charge < -0.3 is 4.74 Å². The third-order valence-electron chi connectivity index (χ3n) is 7.91. The number of hydrogen-bond acceptors (Lipinski definition) is 3. The lowest BCUT2D eigenvalue weighted by Gasteiger charge is -2.54. The minimum Gasteiger partial charge on any atom is -0.463 e. The highest BCUT2D eigenvalue weighted by molar-refractivity contribution is 6.21. The summed E-state index contributed by atoms with van der Waals surface area (Å²) in [6.45, 7) is 5.96. The fraction of sp³-hybridized carbons (Fsp3) is 0.810. The van der Waals surface area contributed by atoms with Gasteiger partial charge in [-0.15, -0.1) is 11.6 Å². The minimum atomic E-state index is -0.192. The largest absolute Gasteiger partial charge is 0.463 e. The number of alkyl halides is 1. The van der Waals surface area contributed by atoms with Crippen LogP contribution in [0.2, 0.25) is 0 Å². The Morgan fingerprint density at radius 2 is 1.92 bits per heavy atom. The van der Waals surface area contributed by atoms with Crippen LogP contribution in [-0.4, -0.2) is 23.2 Å². The van der Waals surface area contributed by atoms with Crippen LogP contribution < -0.4 is 0 Å². The zero-order chi connectivity index (χ0) is 18.0. The number of allylic oxidation sites excluding steroid dienone is 2. The Labute approximate surface area is 155 Å². The molecule has 3 fully saturated rings. The van der Waals surface area contributed by atoms with E-state index in [1.54, 1.807) is 5.57 Å². The predicted molar refractivity (Wildman–Crippen MR) is 97.4 cm³/mol. The maximum atomic E-state index is 12.5. The molecule has 0 aliphatic heterocycles. The van der Waals surface area contributed by atoms with Crippen molar-refractivity contribution < 1.29 is 14.3 Å². The van der Waals surface area contributed by atoms with Crippen LogP contribution in [0.3, 0.4) is 0 Å². The molecule has 0 unspecified atom stereocenters. The molecule has 0 aromatic heterocycles. The van der Waals surface area contributed by atoms with Crippen molar-refractivity contribution in [3.63, 3.8) is 0 Å². The van der Waals surface area contributed by atoms with E-state index in [4.69, 9.17) is 16.3 Å². The number of ether oxygens (including phenoxy) is 1. The summed E-state index contributed by atoms with van der Waals surface area (Å²) in [4.78, 5) is 23.9. The molecule has 3 nitrogen and oxygen atoms in total. The van der Waals surface area contributed by atoms with Gasteiger partial charge in [0.05, 0.1) is 0 Å². The summed E-state index contributed by atoms with van der Waals surface area (Å²) in [5.41, 5.74) is 2.96. The zero-order valence-electron chi connectivity index (χ0n) is 15.6. The average Bonchev–Trinajstić information content (AvgIpc) is 2.83. The van der Waals surface area contributed by atoms with Gasteiger partial charge >= 0.3 is 5.97 Å². The average molecular weight is 365 g/mol. The Hall–Kier alpha value is -0.830. The first kappa shape index (κ1) is 17.6. The van der Waals surface area contributed by atoms with Crippen LogP contribution in [0, 0.1) is 22.7 Å². The van der Waals surface area contributed by atoms with Gasteiger partial charge in [-0.2, -0.15) is 0 Å². The van der Waals surface area contributed by atoms with E-state index in [0.717, 1.165) is 51.4 Å². The summed E-state index contributed by atoms with van der Waals surface area (Å²) in [6.07, 6.45) is 7.53. The fourth-order valence-electron chi connectivity index (χ4n) is 6.52. The third-order valence-corrected chi connectivity index (χ3v) is 8.57. The molecule has 0 aromatic rings. The maximum Gasteiger partial charge on any atom is 0.302 e. The predicted octanol–water partition coefficient (Wildman–Crippen LogP) is 4.81. The summed E-state index contributed by atoms with van der Waals surface area (Å²) < 4.78 is 5.52. The van der Waals surface area contributed by atoms with Crippen molar-refractivity contribution in [2.24, 2.45) is 22.7 Å². The summed E-state index contributed by atoms with van der Waals surface area (Å²) >= 11 is 6.97. The van der Waals surface area contributed by atoms with Crippen LogP contribution in [0.25, 0.3) is 0 Å². The first-order valence-corrected chi connectivity index (χ1v) is 10.3. The molecular formula is C21H29ClO3. The summed E-state index contributed by atoms with van der Waals surface area (Å²) in [5.74, 6) is 1.25. The van der Waals surface area contributed by atoms with Crippen molar-refractivity contribution in [1.29, 1.82) is 0 Å². The number of esters is 1. The Bertz CT molecular complexity index is 654. The van der Waals surface area contributed by atoms with Crippen LogP contribution in [0.4, 0.5) is 0 Å². The van der Waals surface area contributed by atoms with Crippen LogP contribution in [0.1, 0.15) is 72.1 Å². The number of carbonyl (C=O) groups excluding carboxylic acids is 2. The van der Waals surface area contributed by atoms with Crippen LogP contribution in [0.15, 0.2) is 11.1 Å². The lowest BCUT2D eigenvalue weighted by molar-refractivity contribution is -0.149. The van der Waals surface area contributed by atoms with Gasteiger partial charge in [-0.3, -0.25) is 9.59 Å². The molecular weight excluding hydrogens is 336 g/mol. The number of hydrogen-bond donors (Lipinski definition) is 0. The van der Waals surface area contributed by atoms with Crippen molar-refractivity contribution >= 4 is 23.4 Å². The Balaban J connectivity index is 1.68. The van der Waals surface area contributed by atoms with E-state index in [9.17, 15) is 9.59 Å². The van der Waals surface area contributed by atoms with Gasteiger partial charge in [0.25, 0.3) is 0 Å². The standard InChI is InChI=1S/C21H29ClO3/c1-12(23)25-13-4-5-16-14-8-9-20(2)17(6-7-19(20)24)15(14)10-18(22)21(16,3)11-13/h13,15,17-18H,4-11H2,1-3H3/t13-,15-,17-,18-,20+,21-/m1/s1. The molecule has 138 valence electrons. The molecule has 4 aliphatic rings. The second-order valence-corrected chi connectivity index (χ2v) is 9.72. The number of fused-ring (bicyclic) bond motifs is 4. The molecule has 3 saturated carbocycles. The molecule has 0 radical (unpaired) electrons. The van der Waals surface area contributed by atoms with Crippen molar-refractivity contribution in [2.45, 2.75) is 83.6 Å². The van der Waals surface area contributed by atoms with Gasteiger partial charge in [0.15, 0.2) is 0 Å². The van der Waals surface area contributed by atoms with E-state index in [2.05, 4.69) is 13.8 Å². The topological polar surface area (TPSA) is 43.4 Å². The zero-order valence-corrected chi connectivity index (χ0v) is 16.3. The molecule has 0 heterocycles. The van der Waals surface area contributed by atoms with Crippen LogP contribution in [0.5, 0.6) is 0 Å². The molecule has 0 spiro atoms. The van der Waals surface area contributed by atoms with Crippen LogP contribution in [-0.2, 0) is 14.3 Å². The van der Waals surface area contributed by atoms with E-state index >= 15 is 0 Å². The first-order valence-electron chi connectivity index (χ1n) is 9.82. The Morgan fingerprint density at radius 3 is 2.64 bits per heavy atom. The van der Waals surface area contributed by atoms with Gasteiger partial charge in [-0.25, -0.2) is 0 Å². The van der Waals surface area contributed by atoms with Gasteiger partial charge in [-0.05, 0) is 56.8 Å². The minimum absolute atomic E-state index is 0.00781. The smallest absolute Gasteiger partial charge is 0.302 e.